The number of piperazine rings is 1. The van der Waals surface area contributed by atoms with Crippen LogP contribution in [0, 0.1) is 5.92 Å². The van der Waals surface area contributed by atoms with Gasteiger partial charge in [-0.25, -0.2) is 0 Å². The molecule has 2 aliphatic carbocycles. The van der Waals surface area contributed by atoms with Crippen molar-refractivity contribution in [3.63, 3.8) is 0 Å². The highest BCUT2D eigenvalue weighted by Gasteiger charge is 2.35. The molecule has 1 aromatic rings. The second kappa shape index (κ2) is 7.81. The van der Waals surface area contributed by atoms with Crippen molar-refractivity contribution in [1.82, 2.24) is 9.80 Å². The Morgan fingerprint density at radius 1 is 0.808 bits per heavy atom. The third-order valence-corrected chi connectivity index (χ3v) is 6.28. The monoisotopic (exact) mass is 354 g/mol. The molecule has 4 nitrogen and oxygen atoms in total. The van der Waals surface area contributed by atoms with Crippen LogP contribution in [-0.4, -0.2) is 47.8 Å². The Bertz CT molecular complexity index is 637. The van der Waals surface area contributed by atoms with Crippen LogP contribution in [0.5, 0.6) is 0 Å². The molecule has 2 amide bonds. The molecule has 3 fully saturated rings. The van der Waals surface area contributed by atoms with Crippen molar-refractivity contribution in [3.05, 3.63) is 35.4 Å². The van der Waals surface area contributed by atoms with Gasteiger partial charge in [-0.2, -0.15) is 0 Å². The quantitative estimate of drug-likeness (QED) is 0.832. The number of nitrogens with zero attached hydrogens (tertiary/aromatic N) is 2. The molecule has 0 radical (unpaired) electrons. The molecular formula is C22H30N2O2. The van der Waals surface area contributed by atoms with E-state index in [4.69, 9.17) is 0 Å². The van der Waals surface area contributed by atoms with Gasteiger partial charge in [0.25, 0.3) is 0 Å². The second-order valence-electron chi connectivity index (χ2n) is 8.23. The van der Waals surface area contributed by atoms with Gasteiger partial charge in [-0.1, -0.05) is 43.5 Å². The normalized spacial score (nSPS) is 21.7. The van der Waals surface area contributed by atoms with Gasteiger partial charge >= 0.3 is 0 Å². The number of rotatable bonds is 4. The summed E-state index contributed by atoms with van der Waals surface area (Å²) in [6.07, 6.45) is 9.26. The molecule has 1 aliphatic heterocycles. The number of carbonyl (C=O) groups is 2. The van der Waals surface area contributed by atoms with E-state index in [1.807, 2.05) is 9.80 Å². The molecule has 2 saturated carbocycles. The van der Waals surface area contributed by atoms with Gasteiger partial charge in [0.1, 0.15) is 0 Å². The maximum atomic E-state index is 12.6. The van der Waals surface area contributed by atoms with Gasteiger partial charge in [0.2, 0.25) is 11.8 Å². The van der Waals surface area contributed by atoms with Crippen molar-refractivity contribution in [3.8, 4) is 0 Å². The van der Waals surface area contributed by atoms with E-state index in [0.717, 1.165) is 18.4 Å². The van der Waals surface area contributed by atoms with E-state index in [1.54, 1.807) is 0 Å². The molecule has 0 N–H and O–H groups in total. The summed E-state index contributed by atoms with van der Waals surface area (Å²) in [5.74, 6) is 1.48. The molecule has 0 aromatic heterocycles. The van der Waals surface area contributed by atoms with Gasteiger partial charge in [-0.15, -0.1) is 0 Å². The van der Waals surface area contributed by atoms with Gasteiger partial charge < -0.3 is 9.80 Å². The van der Waals surface area contributed by atoms with Crippen LogP contribution in [0.4, 0.5) is 0 Å². The minimum Gasteiger partial charge on any atom is -0.339 e. The van der Waals surface area contributed by atoms with E-state index in [9.17, 15) is 9.59 Å². The van der Waals surface area contributed by atoms with Gasteiger partial charge in [0.15, 0.2) is 0 Å². The summed E-state index contributed by atoms with van der Waals surface area (Å²) in [6, 6.07) is 8.72. The van der Waals surface area contributed by atoms with Crippen molar-refractivity contribution in [2.24, 2.45) is 5.92 Å². The molecule has 26 heavy (non-hydrogen) atoms. The molecular weight excluding hydrogens is 324 g/mol. The van der Waals surface area contributed by atoms with Crippen LogP contribution in [0.1, 0.15) is 62.0 Å². The van der Waals surface area contributed by atoms with E-state index in [2.05, 4.69) is 24.3 Å². The summed E-state index contributed by atoms with van der Waals surface area (Å²) in [4.78, 5) is 28.6. The first-order chi connectivity index (χ1) is 12.7. The third-order valence-electron chi connectivity index (χ3n) is 6.28. The second-order valence-corrected chi connectivity index (χ2v) is 8.23. The standard InChI is InChI=1S/C22H30N2O2/c25-21(23-12-14-24(15-13-23)22(26)20-10-11-20)16-17-6-8-19(9-7-17)18-4-2-1-3-5-18/h6-9,18,20H,1-5,10-16H2. The van der Waals surface area contributed by atoms with Crippen molar-refractivity contribution in [2.45, 2.75) is 57.3 Å². The molecule has 0 bridgehead atoms. The summed E-state index contributed by atoms with van der Waals surface area (Å²) in [6.45, 7) is 2.75. The highest BCUT2D eigenvalue weighted by atomic mass is 16.2. The molecule has 3 aliphatic rings. The van der Waals surface area contributed by atoms with E-state index in [-0.39, 0.29) is 11.8 Å². The zero-order valence-corrected chi connectivity index (χ0v) is 15.7. The SMILES string of the molecule is O=C(Cc1ccc(C2CCCCC2)cc1)N1CCN(C(=O)C2CC2)CC1. The zero-order chi connectivity index (χ0) is 17.9. The number of benzene rings is 1. The fourth-order valence-electron chi connectivity index (χ4n) is 4.39. The lowest BCUT2D eigenvalue weighted by Gasteiger charge is -2.35. The topological polar surface area (TPSA) is 40.6 Å². The Kier molecular flexibility index (Phi) is 5.28. The molecule has 1 heterocycles. The lowest BCUT2D eigenvalue weighted by Crippen LogP contribution is -2.51. The van der Waals surface area contributed by atoms with Crippen LogP contribution in [0.3, 0.4) is 0 Å². The van der Waals surface area contributed by atoms with Crippen LogP contribution in [-0.2, 0) is 16.0 Å². The number of carbonyl (C=O) groups excluding carboxylic acids is 2. The van der Waals surface area contributed by atoms with Crippen LogP contribution in [0.15, 0.2) is 24.3 Å². The van der Waals surface area contributed by atoms with Gasteiger partial charge in [0, 0.05) is 32.1 Å². The maximum Gasteiger partial charge on any atom is 0.227 e. The fraction of sp³-hybridized carbons (Fsp3) is 0.636. The van der Waals surface area contributed by atoms with Crippen molar-refractivity contribution in [2.75, 3.05) is 26.2 Å². The average Bonchev–Trinajstić information content (AvgIpc) is 3.54. The molecule has 0 unspecified atom stereocenters. The highest BCUT2D eigenvalue weighted by Crippen LogP contribution is 2.33. The largest absolute Gasteiger partial charge is 0.339 e. The first kappa shape index (κ1) is 17.6. The highest BCUT2D eigenvalue weighted by molar-refractivity contribution is 5.82. The molecule has 1 saturated heterocycles. The van der Waals surface area contributed by atoms with Crippen LogP contribution >= 0.6 is 0 Å². The van der Waals surface area contributed by atoms with Gasteiger partial charge in [0.05, 0.1) is 6.42 Å². The minimum atomic E-state index is 0.189. The summed E-state index contributed by atoms with van der Waals surface area (Å²) < 4.78 is 0. The molecule has 4 rings (SSSR count). The van der Waals surface area contributed by atoms with E-state index < -0.39 is 0 Å². The molecule has 4 heteroatoms. The van der Waals surface area contributed by atoms with Crippen molar-refractivity contribution in [1.29, 1.82) is 0 Å². The van der Waals surface area contributed by atoms with Crippen molar-refractivity contribution >= 4 is 11.8 Å². The van der Waals surface area contributed by atoms with Crippen molar-refractivity contribution < 1.29 is 9.59 Å². The Hall–Kier alpha value is -1.84. The Morgan fingerprint density at radius 2 is 1.42 bits per heavy atom. The smallest absolute Gasteiger partial charge is 0.227 e. The summed E-state index contributed by atoms with van der Waals surface area (Å²) in [5, 5.41) is 0. The third kappa shape index (κ3) is 4.11. The minimum absolute atomic E-state index is 0.189. The van der Waals surface area contributed by atoms with E-state index in [1.165, 1.54) is 37.7 Å². The van der Waals surface area contributed by atoms with E-state index in [0.29, 0.717) is 44.4 Å². The maximum absolute atomic E-state index is 12.6. The number of amides is 2. The number of hydrogen-bond acceptors (Lipinski definition) is 2. The zero-order valence-electron chi connectivity index (χ0n) is 15.7. The summed E-state index contributed by atoms with van der Waals surface area (Å²) >= 11 is 0. The molecule has 0 spiro atoms. The number of hydrogen-bond donors (Lipinski definition) is 0. The van der Waals surface area contributed by atoms with Gasteiger partial charge in [-0.05, 0) is 42.7 Å². The predicted octanol–water partition coefficient (Wildman–Crippen LogP) is 3.36. The van der Waals surface area contributed by atoms with Gasteiger partial charge in [-0.3, -0.25) is 9.59 Å². The lowest BCUT2D eigenvalue weighted by molar-refractivity contribution is -0.140. The molecule has 0 atom stereocenters. The van der Waals surface area contributed by atoms with E-state index >= 15 is 0 Å². The van der Waals surface area contributed by atoms with Crippen LogP contribution in [0.25, 0.3) is 0 Å². The predicted molar refractivity (Wildman–Crippen MR) is 102 cm³/mol. The Labute approximate surface area is 156 Å². The first-order valence-corrected chi connectivity index (χ1v) is 10.4. The van der Waals surface area contributed by atoms with Crippen LogP contribution in [0.2, 0.25) is 0 Å². The fourth-order valence-corrected chi connectivity index (χ4v) is 4.39. The molecule has 1 aromatic carbocycles. The average molecular weight is 354 g/mol. The Morgan fingerprint density at radius 3 is 2.04 bits per heavy atom. The molecule has 140 valence electrons. The first-order valence-electron chi connectivity index (χ1n) is 10.4. The lowest BCUT2D eigenvalue weighted by atomic mass is 9.84. The summed E-state index contributed by atoms with van der Waals surface area (Å²) in [7, 11) is 0. The van der Waals surface area contributed by atoms with Crippen LogP contribution < -0.4 is 0 Å². The summed E-state index contributed by atoms with van der Waals surface area (Å²) in [5.41, 5.74) is 2.54. The Balaban J connectivity index is 1.27.